The van der Waals surface area contributed by atoms with Crippen molar-refractivity contribution in [3.8, 4) is 0 Å². The van der Waals surface area contributed by atoms with E-state index < -0.39 is 179 Å². The number of ether oxygens (including phenoxy) is 1. The minimum Gasteiger partial charge on any atom is -0.458 e. The Labute approximate surface area is 257 Å². The van der Waals surface area contributed by atoms with Gasteiger partial charge in [-0.15, -0.1) is 5.10 Å². The molecule has 3 aromatic heterocycles. The topological polar surface area (TPSA) is 99.3 Å². The van der Waals surface area contributed by atoms with Crippen LogP contribution in [0.4, 0.5) is 0 Å². The van der Waals surface area contributed by atoms with Crippen LogP contribution in [-0.4, -0.2) is 41.9 Å². The molecule has 0 bridgehead atoms. The molecule has 2 fully saturated rings. The highest BCUT2D eigenvalue weighted by Crippen LogP contribution is 2.45. The van der Waals surface area contributed by atoms with Gasteiger partial charge < -0.3 is 4.74 Å². The first-order valence-corrected chi connectivity index (χ1v) is 10.8. The summed E-state index contributed by atoms with van der Waals surface area (Å²) in [6.07, 6.45) is -28.7. The van der Waals surface area contributed by atoms with E-state index in [1.165, 1.54) is 0 Å². The molecule has 1 saturated carbocycles. The Balaban J connectivity index is 1.73. The molecule has 5 rings (SSSR count). The highest BCUT2D eigenvalue weighted by atomic mass is 16.6. The van der Waals surface area contributed by atoms with Gasteiger partial charge in [0.15, 0.2) is 11.6 Å². The number of rotatable bonds is 8. The summed E-state index contributed by atoms with van der Waals surface area (Å²) in [7, 11) is 0. The number of aryl methyl sites for hydroxylation is 4. The number of aromatic nitrogens is 5. The summed E-state index contributed by atoms with van der Waals surface area (Å²) in [6, 6.07) is -3.70. The fourth-order valence-corrected chi connectivity index (χ4v) is 4.07. The molecule has 8 heteroatoms. The van der Waals surface area contributed by atoms with E-state index in [0.29, 0.717) is 4.52 Å². The second kappa shape index (κ2) is 10.3. The highest BCUT2D eigenvalue weighted by molar-refractivity contribution is 6.01. The minimum absolute atomic E-state index is 0.463. The molecule has 2 atom stereocenters. The number of cyclic esters (lactones) is 1. The van der Waals surface area contributed by atoms with E-state index in [2.05, 4.69) is 20.1 Å². The zero-order chi connectivity index (χ0) is 50.4. The Morgan fingerprint density at radius 1 is 1.16 bits per heavy atom. The van der Waals surface area contributed by atoms with Crippen LogP contribution in [0.5, 0.6) is 0 Å². The summed E-state index contributed by atoms with van der Waals surface area (Å²) in [4.78, 5) is 39.6. The Morgan fingerprint density at radius 3 is 2.62 bits per heavy atom. The van der Waals surface area contributed by atoms with Crippen LogP contribution in [0.1, 0.15) is 125 Å². The third-order valence-corrected chi connectivity index (χ3v) is 5.78. The van der Waals surface area contributed by atoms with E-state index in [-0.39, 0.29) is 0 Å². The van der Waals surface area contributed by atoms with Crippen molar-refractivity contribution >= 4 is 17.5 Å². The lowest BCUT2D eigenvalue weighted by molar-refractivity contribution is -0.185. The molecule has 1 unspecified atom stereocenters. The number of esters is 1. The largest absolute Gasteiger partial charge is 0.458 e. The van der Waals surface area contributed by atoms with Crippen LogP contribution in [-0.2, 0) is 39.9 Å². The molecular formula is C29H37N5O3. The molecule has 4 heterocycles. The molecule has 0 aromatic carbocycles. The molecule has 0 amide bonds. The average Bonchev–Trinajstić information content (AvgIpc) is 3.53. The van der Waals surface area contributed by atoms with Crippen LogP contribution >= 0.6 is 0 Å². The Bertz CT molecular complexity index is 2350. The molecule has 0 N–H and O–H groups in total. The van der Waals surface area contributed by atoms with Crippen LogP contribution in [0.3, 0.4) is 0 Å². The number of hydrogen-bond acceptors (Lipinski definition) is 7. The molecule has 8 nitrogen and oxygen atoms in total. The molecular weight excluding hydrogens is 466 g/mol. The zero-order valence-corrected chi connectivity index (χ0v) is 18.9. The Hall–Kier alpha value is -3.16. The van der Waals surface area contributed by atoms with Gasteiger partial charge in [0.25, 0.3) is 5.78 Å². The third kappa shape index (κ3) is 5.15. The van der Waals surface area contributed by atoms with E-state index in [0.717, 1.165) is 0 Å². The van der Waals surface area contributed by atoms with Crippen LogP contribution in [0, 0.1) is 25.5 Å². The molecule has 3 aromatic rings. The highest BCUT2D eigenvalue weighted by Gasteiger charge is 2.51. The van der Waals surface area contributed by atoms with Gasteiger partial charge in [-0.05, 0) is 81.6 Å². The fraction of sp³-hybridized carbons (Fsp3) is 0.586. The molecule has 2 aliphatic rings. The zero-order valence-electron chi connectivity index (χ0n) is 46.9. The number of ketones is 1. The maximum atomic E-state index is 14.3. The van der Waals surface area contributed by atoms with Gasteiger partial charge in [-0.1, -0.05) is 26.4 Å². The molecule has 37 heavy (non-hydrogen) atoms. The van der Waals surface area contributed by atoms with Crippen molar-refractivity contribution < 1.29 is 52.7 Å². The summed E-state index contributed by atoms with van der Waals surface area (Å²) in [6.45, 7) is -13.8. The van der Waals surface area contributed by atoms with Crippen LogP contribution < -0.4 is 0 Å². The second-order valence-electron chi connectivity index (χ2n) is 8.15. The third-order valence-electron chi connectivity index (χ3n) is 5.78. The number of Topliss-reactive ketones (excluding diaryl/α,β-unsaturated/α-hetero) is 1. The lowest BCUT2D eigenvalue weighted by atomic mass is 9.73. The van der Waals surface area contributed by atoms with Crippen molar-refractivity contribution in [1.82, 2.24) is 24.6 Å². The quantitative estimate of drug-likeness (QED) is 0.312. The minimum atomic E-state index is -4.10. The van der Waals surface area contributed by atoms with Gasteiger partial charge in [-0.2, -0.15) is 4.98 Å². The van der Waals surface area contributed by atoms with E-state index >= 15 is 0 Å². The smallest absolute Gasteiger partial charge is 0.317 e. The van der Waals surface area contributed by atoms with Crippen molar-refractivity contribution in [2.75, 3.05) is 0 Å². The summed E-state index contributed by atoms with van der Waals surface area (Å²) in [5.74, 6) is -10.7. The first kappa shape index (κ1) is 8.42. The Morgan fingerprint density at radius 2 is 1.95 bits per heavy atom. The van der Waals surface area contributed by atoms with Crippen LogP contribution in [0.25, 0.3) is 5.78 Å². The summed E-state index contributed by atoms with van der Waals surface area (Å²) >= 11 is 0. The normalized spacial score (nSPS) is 42.2. The predicted octanol–water partition coefficient (Wildman–Crippen LogP) is 4.50. The second-order valence-corrected chi connectivity index (χ2v) is 8.15. The SMILES string of the molecule is [2H]c1c(C([2H])([2H])C([2H])([2H])[2H])nc(C([2H])([2H])C([2H])([2H])[2H])c([2H])c1CC[C@]1(C2([2H])C([2H])([2H])C([2H])([2H])C([2H])([2H])C2([2H])[2H])CC(=O)C(Cc2nc3nc(C([2H])([2H])[2H])c([2H])c(C([2H])([2H])[2H])n3n2)C(=O)O1. The molecule has 1 saturated heterocycles. The molecule has 0 radical (unpaired) electrons. The van der Waals surface area contributed by atoms with Crippen molar-refractivity contribution in [1.29, 1.82) is 0 Å². The van der Waals surface area contributed by atoms with Crippen LogP contribution in [0.15, 0.2) is 18.1 Å². The number of pyridine rings is 1. The fourth-order valence-electron chi connectivity index (χ4n) is 4.07. The number of carbonyl (C=O) groups is 2. The van der Waals surface area contributed by atoms with E-state index in [9.17, 15) is 11.0 Å². The van der Waals surface area contributed by atoms with Gasteiger partial charge in [0.1, 0.15) is 11.5 Å². The summed E-state index contributed by atoms with van der Waals surface area (Å²) < 4.78 is 237. The molecule has 1 aliphatic heterocycles. The first-order chi connectivity index (χ1) is 28.7. The lowest BCUT2D eigenvalue weighted by Crippen LogP contribution is -2.52. The monoisotopic (exact) mass is 531 g/mol. The lowest BCUT2D eigenvalue weighted by Gasteiger charge is -2.43. The van der Waals surface area contributed by atoms with E-state index in [1.807, 2.05) is 0 Å². The summed E-state index contributed by atoms with van der Waals surface area (Å²) in [5, 5.41) is 3.90. The maximum Gasteiger partial charge on any atom is 0.317 e. The maximum absolute atomic E-state index is 14.3. The number of fused-ring (bicyclic) bond motifs is 1. The average molecular weight is 532 g/mol. The van der Waals surface area contributed by atoms with Crippen molar-refractivity contribution in [3.63, 3.8) is 0 Å². The van der Waals surface area contributed by atoms with Crippen LogP contribution in [0.2, 0.25) is 0 Å². The number of nitrogens with zero attached hydrogens (tertiary/aromatic N) is 5. The van der Waals surface area contributed by atoms with E-state index in [4.69, 9.17) is 41.7 Å². The van der Waals surface area contributed by atoms with Crippen molar-refractivity contribution in [2.24, 2.45) is 11.8 Å². The number of hydrogen-bond donors (Lipinski definition) is 0. The van der Waals surface area contributed by atoms with Gasteiger partial charge in [-0.3, -0.25) is 14.6 Å². The summed E-state index contributed by atoms with van der Waals surface area (Å²) in [5.41, 5.74) is -9.32. The molecule has 196 valence electrons. The van der Waals surface area contributed by atoms with Gasteiger partial charge in [0.2, 0.25) is 0 Å². The van der Waals surface area contributed by atoms with Gasteiger partial charge >= 0.3 is 5.97 Å². The predicted molar refractivity (Wildman–Crippen MR) is 139 cm³/mol. The van der Waals surface area contributed by atoms with Crippen molar-refractivity contribution in [3.05, 3.63) is 52.3 Å². The van der Waals surface area contributed by atoms with Gasteiger partial charge in [0, 0.05) is 69.9 Å². The molecule has 1 aliphatic carbocycles. The Kier molecular flexibility index (Phi) is 2.34. The standard InChI is InChI=1S/C29H37N5O3/c1-5-22-14-20(15-23(6-2)31-22)11-12-29(21-9-7-8-10-21)17-25(35)24(27(36)37-29)16-26-32-28-30-18(3)13-19(4)34(28)33-26/h13-15,21,24H,5-12,16-17H2,1-4H3/t24?,29-/m1/s1/i1D3,2D3,3D3,4D3,5D2,6D2,7D2,8D2,9D2,10D2,13D,14D,15D,21D. The van der Waals surface area contributed by atoms with Crippen molar-refractivity contribution in [2.45, 2.75) is 96.9 Å². The van der Waals surface area contributed by atoms with Gasteiger partial charge in [0.05, 0.1) is 4.11 Å². The first-order valence-electron chi connectivity index (χ1n) is 24.8. The van der Waals surface area contributed by atoms with Gasteiger partial charge in [-0.25, -0.2) is 9.50 Å². The number of carbonyl (C=O) groups excluding carboxylic acids is 2. The van der Waals surface area contributed by atoms with E-state index in [1.54, 1.807) is 0 Å². The molecule has 0 spiro atoms.